The largest absolute Gasteiger partial charge is 0.444 e. The van der Waals surface area contributed by atoms with Gasteiger partial charge in [-0.3, -0.25) is 4.79 Å². The van der Waals surface area contributed by atoms with Gasteiger partial charge in [-0.25, -0.2) is 4.79 Å². The predicted octanol–water partition coefficient (Wildman–Crippen LogP) is 2.86. The first-order chi connectivity index (χ1) is 8.24. The SMILES string of the molecule is CCC(=O)C1CN(C(=O)OC(C)(C)C)CCC1C. The van der Waals surface area contributed by atoms with Gasteiger partial charge in [0.05, 0.1) is 0 Å². The number of hydrogen-bond acceptors (Lipinski definition) is 3. The Labute approximate surface area is 110 Å². The minimum Gasteiger partial charge on any atom is -0.444 e. The van der Waals surface area contributed by atoms with Gasteiger partial charge in [-0.1, -0.05) is 13.8 Å². The fraction of sp³-hybridized carbons (Fsp3) is 0.857. The topological polar surface area (TPSA) is 46.6 Å². The number of hydrogen-bond donors (Lipinski definition) is 0. The van der Waals surface area contributed by atoms with Gasteiger partial charge < -0.3 is 9.64 Å². The lowest BCUT2D eigenvalue weighted by atomic mass is 9.83. The van der Waals surface area contributed by atoms with Gasteiger partial charge in [0.1, 0.15) is 11.4 Å². The summed E-state index contributed by atoms with van der Waals surface area (Å²) in [6.45, 7) is 10.7. The molecule has 104 valence electrons. The molecule has 4 nitrogen and oxygen atoms in total. The van der Waals surface area contributed by atoms with Crippen molar-refractivity contribution in [2.24, 2.45) is 11.8 Å². The van der Waals surface area contributed by atoms with Gasteiger partial charge in [0.25, 0.3) is 0 Å². The second-order valence-electron chi connectivity index (χ2n) is 6.12. The summed E-state index contributed by atoms with van der Waals surface area (Å²) < 4.78 is 5.35. The van der Waals surface area contributed by atoms with Crippen LogP contribution in [-0.2, 0) is 9.53 Å². The van der Waals surface area contributed by atoms with Crippen molar-refractivity contribution in [2.45, 2.75) is 53.1 Å². The number of nitrogens with zero attached hydrogens (tertiary/aromatic N) is 1. The van der Waals surface area contributed by atoms with Crippen LogP contribution in [0.2, 0.25) is 0 Å². The van der Waals surface area contributed by atoms with Crippen LogP contribution in [0.5, 0.6) is 0 Å². The molecule has 1 heterocycles. The van der Waals surface area contributed by atoms with E-state index >= 15 is 0 Å². The highest BCUT2D eigenvalue weighted by atomic mass is 16.6. The Balaban J connectivity index is 2.64. The van der Waals surface area contributed by atoms with E-state index in [1.54, 1.807) is 4.90 Å². The number of ether oxygens (including phenoxy) is 1. The van der Waals surface area contributed by atoms with Crippen molar-refractivity contribution in [2.75, 3.05) is 13.1 Å². The lowest BCUT2D eigenvalue weighted by molar-refractivity contribution is -0.125. The fourth-order valence-corrected chi connectivity index (χ4v) is 2.24. The van der Waals surface area contributed by atoms with Crippen molar-refractivity contribution >= 4 is 11.9 Å². The van der Waals surface area contributed by atoms with Gasteiger partial charge >= 0.3 is 6.09 Å². The van der Waals surface area contributed by atoms with Crippen LogP contribution in [0, 0.1) is 11.8 Å². The zero-order valence-corrected chi connectivity index (χ0v) is 12.2. The van der Waals surface area contributed by atoms with E-state index in [1.807, 2.05) is 27.7 Å². The number of carbonyl (C=O) groups is 2. The van der Waals surface area contributed by atoms with Crippen LogP contribution >= 0.6 is 0 Å². The van der Waals surface area contributed by atoms with E-state index in [0.29, 0.717) is 25.4 Å². The van der Waals surface area contributed by atoms with Crippen molar-refractivity contribution in [1.82, 2.24) is 4.90 Å². The monoisotopic (exact) mass is 255 g/mol. The molecule has 0 saturated carbocycles. The molecule has 0 radical (unpaired) electrons. The Morgan fingerprint density at radius 3 is 2.44 bits per heavy atom. The molecule has 2 atom stereocenters. The minimum absolute atomic E-state index is 0.0312. The Kier molecular flexibility index (Phi) is 4.77. The molecular weight excluding hydrogens is 230 g/mol. The van der Waals surface area contributed by atoms with E-state index in [9.17, 15) is 9.59 Å². The smallest absolute Gasteiger partial charge is 0.410 e. The predicted molar refractivity (Wildman–Crippen MR) is 70.4 cm³/mol. The quantitative estimate of drug-likeness (QED) is 0.762. The Hall–Kier alpha value is -1.06. The third kappa shape index (κ3) is 4.00. The number of rotatable bonds is 2. The molecule has 1 aliphatic rings. The van der Waals surface area contributed by atoms with Crippen LogP contribution in [0.4, 0.5) is 4.79 Å². The second kappa shape index (κ2) is 5.72. The van der Waals surface area contributed by atoms with E-state index in [1.165, 1.54) is 0 Å². The summed E-state index contributed by atoms with van der Waals surface area (Å²) >= 11 is 0. The number of piperidine rings is 1. The summed E-state index contributed by atoms with van der Waals surface area (Å²) in [5.74, 6) is 0.572. The normalized spacial score (nSPS) is 24.8. The fourth-order valence-electron chi connectivity index (χ4n) is 2.24. The third-order valence-electron chi connectivity index (χ3n) is 3.37. The molecule has 4 heteroatoms. The maximum absolute atomic E-state index is 12.0. The Bertz CT molecular complexity index is 319. The molecule has 0 bridgehead atoms. The van der Waals surface area contributed by atoms with Crippen molar-refractivity contribution in [1.29, 1.82) is 0 Å². The molecule has 18 heavy (non-hydrogen) atoms. The molecule has 0 aromatic carbocycles. The van der Waals surface area contributed by atoms with Crippen molar-refractivity contribution < 1.29 is 14.3 Å². The van der Waals surface area contributed by atoms with Crippen LogP contribution < -0.4 is 0 Å². The molecule has 1 rings (SSSR count). The molecule has 0 aromatic heterocycles. The number of amides is 1. The second-order valence-corrected chi connectivity index (χ2v) is 6.12. The Morgan fingerprint density at radius 1 is 1.33 bits per heavy atom. The number of ketones is 1. The first-order valence-electron chi connectivity index (χ1n) is 6.75. The highest BCUT2D eigenvalue weighted by Gasteiger charge is 2.34. The van der Waals surface area contributed by atoms with E-state index in [2.05, 4.69) is 6.92 Å². The van der Waals surface area contributed by atoms with E-state index in [-0.39, 0.29) is 17.8 Å². The number of carbonyl (C=O) groups excluding carboxylic acids is 2. The van der Waals surface area contributed by atoms with Crippen molar-refractivity contribution in [3.05, 3.63) is 0 Å². The Morgan fingerprint density at radius 2 is 1.94 bits per heavy atom. The molecule has 1 aliphatic heterocycles. The first kappa shape index (κ1) is 15.0. The zero-order valence-electron chi connectivity index (χ0n) is 12.2. The van der Waals surface area contributed by atoms with Crippen molar-refractivity contribution in [3.8, 4) is 0 Å². The molecule has 0 aliphatic carbocycles. The molecule has 0 aromatic rings. The maximum atomic E-state index is 12.0. The average molecular weight is 255 g/mol. The third-order valence-corrected chi connectivity index (χ3v) is 3.37. The summed E-state index contributed by atoms with van der Waals surface area (Å²) in [4.78, 5) is 25.5. The summed E-state index contributed by atoms with van der Waals surface area (Å²) in [6.07, 6.45) is 1.11. The summed E-state index contributed by atoms with van der Waals surface area (Å²) in [7, 11) is 0. The van der Waals surface area contributed by atoms with Crippen LogP contribution in [0.1, 0.15) is 47.5 Å². The molecule has 1 fully saturated rings. The highest BCUT2D eigenvalue weighted by molar-refractivity contribution is 5.82. The summed E-state index contributed by atoms with van der Waals surface area (Å²) in [6, 6.07) is 0. The van der Waals surface area contributed by atoms with Gasteiger partial charge in [0, 0.05) is 25.4 Å². The number of Topliss-reactive ketones (excluding diaryl/α,β-unsaturated/α-hetero) is 1. The van der Waals surface area contributed by atoms with Gasteiger partial charge in [-0.05, 0) is 33.1 Å². The molecular formula is C14H25NO3. The lowest BCUT2D eigenvalue weighted by Crippen LogP contribution is -2.47. The highest BCUT2D eigenvalue weighted by Crippen LogP contribution is 2.26. The van der Waals surface area contributed by atoms with Crippen LogP contribution in [0.15, 0.2) is 0 Å². The molecule has 0 N–H and O–H groups in total. The van der Waals surface area contributed by atoms with Crippen LogP contribution in [0.3, 0.4) is 0 Å². The van der Waals surface area contributed by atoms with Gasteiger partial charge in [0.2, 0.25) is 0 Å². The molecule has 1 amide bonds. The maximum Gasteiger partial charge on any atom is 0.410 e. The van der Waals surface area contributed by atoms with Crippen LogP contribution in [0.25, 0.3) is 0 Å². The average Bonchev–Trinajstić information content (AvgIpc) is 2.26. The molecule has 1 saturated heterocycles. The van der Waals surface area contributed by atoms with E-state index in [0.717, 1.165) is 6.42 Å². The minimum atomic E-state index is -0.482. The van der Waals surface area contributed by atoms with E-state index < -0.39 is 5.60 Å². The standard InChI is InChI=1S/C14H25NO3/c1-6-12(16)11-9-15(8-7-10(11)2)13(17)18-14(3,4)5/h10-11H,6-9H2,1-5H3. The van der Waals surface area contributed by atoms with Crippen molar-refractivity contribution in [3.63, 3.8) is 0 Å². The van der Waals surface area contributed by atoms with Gasteiger partial charge in [-0.2, -0.15) is 0 Å². The van der Waals surface area contributed by atoms with Gasteiger partial charge in [0.15, 0.2) is 0 Å². The molecule has 2 unspecified atom stereocenters. The summed E-state index contributed by atoms with van der Waals surface area (Å²) in [5, 5.41) is 0. The first-order valence-corrected chi connectivity index (χ1v) is 6.75. The van der Waals surface area contributed by atoms with Gasteiger partial charge in [-0.15, -0.1) is 0 Å². The molecule has 0 spiro atoms. The summed E-state index contributed by atoms with van der Waals surface area (Å²) in [5.41, 5.74) is -0.482. The van der Waals surface area contributed by atoms with E-state index in [4.69, 9.17) is 4.74 Å². The van der Waals surface area contributed by atoms with Crippen LogP contribution in [-0.4, -0.2) is 35.5 Å². The number of likely N-dealkylation sites (tertiary alicyclic amines) is 1. The zero-order chi connectivity index (χ0) is 13.9. The lowest BCUT2D eigenvalue weighted by Gasteiger charge is -2.36.